The van der Waals surface area contributed by atoms with Gasteiger partial charge in [0.2, 0.25) is 0 Å². The first-order chi connectivity index (χ1) is 12.0. The van der Waals surface area contributed by atoms with E-state index in [0.29, 0.717) is 0 Å². The number of ether oxygens (including phenoxy) is 1. The predicted molar refractivity (Wildman–Crippen MR) is 105 cm³/mol. The Bertz CT molecular complexity index is 662. The lowest BCUT2D eigenvalue weighted by molar-refractivity contribution is -0.0840. The lowest BCUT2D eigenvalue weighted by Gasteiger charge is -2.45. The average Bonchev–Trinajstić information content (AvgIpc) is 2.59. The van der Waals surface area contributed by atoms with Gasteiger partial charge in [0.15, 0.2) is 0 Å². The summed E-state index contributed by atoms with van der Waals surface area (Å²) in [6, 6.07) is 19.8. The van der Waals surface area contributed by atoms with Gasteiger partial charge in [0.05, 0.1) is 5.60 Å². The highest BCUT2D eigenvalue weighted by Gasteiger charge is 2.41. The molecule has 0 saturated carbocycles. The summed E-state index contributed by atoms with van der Waals surface area (Å²) in [6.07, 6.45) is 3.33. The number of rotatable bonds is 6. The van der Waals surface area contributed by atoms with Crippen LogP contribution in [0, 0.1) is 6.92 Å². The maximum Gasteiger partial charge on any atom is 0.0635 e. The maximum absolute atomic E-state index is 6.02. The number of nitrogens with one attached hydrogen (secondary N) is 1. The molecule has 2 aromatic rings. The zero-order valence-electron chi connectivity index (χ0n) is 15.8. The Morgan fingerprint density at radius 3 is 2.40 bits per heavy atom. The third-order valence-corrected chi connectivity index (χ3v) is 5.45. The molecule has 1 aliphatic rings. The minimum absolute atomic E-state index is 0.0530. The Morgan fingerprint density at radius 2 is 1.72 bits per heavy atom. The van der Waals surface area contributed by atoms with Crippen LogP contribution in [0.25, 0.3) is 0 Å². The van der Waals surface area contributed by atoms with Gasteiger partial charge in [-0.1, -0.05) is 60.2 Å². The van der Waals surface area contributed by atoms with Crippen LogP contribution in [-0.4, -0.2) is 18.8 Å². The van der Waals surface area contributed by atoms with Crippen LogP contribution in [0.3, 0.4) is 0 Å². The lowest BCUT2D eigenvalue weighted by atomic mass is 9.67. The van der Waals surface area contributed by atoms with Gasteiger partial charge in [-0.05, 0) is 57.7 Å². The first-order valence-electron chi connectivity index (χ1n) is 9.45. The van der Waals surface area contributed by atoms with Crippen molar-refractivity contribution < 1.29 is 4.74 Å². The van der Waals surface area contributed by atoms with Crippen LogP contribution in [0.5, 0.6) is 0 Å². The second-order valence-corrected chi connectivity index (χ2v) is 8.09. The third-order valence-electron chi connectivity index (χ3n) is 5.45. The van der Waals surface area contributed by atoms with Crippen LogP contribution in [0.15, 0.2) is 54.6 Å². The van der Waals surface area contributed by atoms with Crippen molar-refractivity contribution >= 4 is 0 Å². The van der Waals surface area contributed by atoms with Gasteiger partial charge in [-0.2, -0.15) is 0 Å². The van der Waals surface area contributed by atoms with Gasteiger partial charge < -0.3 is 10.1 Å². The molecule has 0 aromatic heterocycles. The molecular weight excluding hydrogens is 306 g/mol. The van der Waals surface area contributed by atoms with E-state index in [0.717, 1.165) is 39.0 Å². The summed E-state index contributed by atoms with van der Waals surface area (Å²) < 4.78 is 6.02. The lowest BCUT2D eigenvalue weighted by Crippen LogP contribution is -2.45. The number of benzene rings is 2. The Hall–Kier alpha value is -1.64. The van der Waals surface area contributed by atoms with E-state index in [4.69, 9.17) is 4.74 Å². The molecule has 2 nitrogen and oxygen atoms in total. The summed E-state index contributed by atoms with van der Waals surface area (Å²) in [4.78, 5) is 0. The molecule has 1 unspecified atom stereocenters. The van der Waals surface area contributed by atoms with E-state index in [1.807, 2.05) is 0 Å². The van der Waals surface area contributed by atoms with E-state index in [1.54, 1.807) is 0 Å². The molecule has 0 radical (unpaired) electrons. The standard InChI is InChI=1S/C23H31NO/c1-19-9-11-21(12-10-19)23(14-16-25-22(2,3)18-23)13-15-24-17-20-7-5-4-6-8-20/h4-12,24H,13-18H2,1-3H3. The van der Waals surface area contributed by atoms with Gasteiger partial charge in [0.1, 0.15) is 0 Å². The van der Waals surface area contributed by atoms with Gasteiger partial charge in [-0.25, -0.2) is 0 Å². The summed E-state index contributed by atoms with van der Waals surface area (Å²) in [7, 11) is 0. The molecule has 2 aromatic carbocycles. The van der Waals surface area contributed by atoms with Gasteiger partial charge in [0, 0.05) is 18.6 Å². The Balaban J connectivity index is 1.69. The quantitative estimate of drug-likeness (QED) is 0.749. The van der Waals surface area contributed by atoms with Crippen LogP contribution in [0.1, 0.15) is 49.8 Å². The Morgan fingerprint density at radius 1 is 1.00 bits per heavy atom. The van der Waals surface area contributed by atoms with Gasteiger partial charge in [0.25, 0.3) is 0 Å². The maximum atomic E-state index is 6.02. The summed E-state index contributed by atoms with van der Waals surface area (Å²) >= 11 is 0. The van der Waals surface area contributed by atoms with Gasteiger partial charge in [-0.3, -0.25) is 0 Å². The second-order valence-electron chi connectivity index (χ2n) is 8.09. The molecule has 25 heavy (non-hydrogen) atoms. The fourth-order valence-electron chi connectivity index (χ4n) is 4.14. The SMILES string of the molecule is Cc1ccc(C2(CCNCc3ccccc3)CCOC(C)(C)C2)cc1. The monoisotopic (exact) mass is 337 g/mol. The Labute approximate surface area is 152 Å². The van der Waals surface area contributed by atoms with Crippen molar-refractivity contribution in [1.82, 2.24) is 5.32 Å². The van der Waals surface area contributed by atoms with E-state index in [2.05, 4.69) is 80.7 Å². The smallest absolute Gasteiger partial charge is 0.0635 e. The van der Waals surface area contributed by atoms with Crippen LogP contribution >= 0.6 is 0 Å². The average molecular weight is 338 g/mol. The van der Waals surface area contributed by atoms with E-state index < -0.39 is 0 Å². The third kappa shape index (κ3) is 4.71. The highest BCUT2D eigenvalue weighted by atomic mass is 16.5. The molecule has 0 bridgehead atoms. The molecule has 1 fully saturated rings. The highest BCUT2D eigenvalue weighted by molar-refractivity contribution is 5.30. The summed E-state index contributed by atoms with van der Waals surface area (Å²) in [6.45, 7) is 9.42. The van der Waals surface area contributed by atoms with Crippen LogP contribution in [-0.2, 0) is 16.7 Å². The number of hydrogen-bond acceptors (Lipinski definition) is 2. The molecule has 1 heterocycles. The molecule has 0 spiro atoms. The molecule has 134 valence electrons. The molecule has 3 rings (SSSR count). The Kier molecular flexibility index (Phi) is 5.61. The van der Waals surface area contributed by atoms with Crippen molar-refractivity contribution in [1.29, 1.82) is 0 Å². The second kappa shape index (κ2) is 7.72. The number of hydrogen-bond donors (Lipinski definition) is 1. The predicted octanol–water partition coefficient (Wildman–Crippen LogP) is 5.00. The highest BCUT2D eigenvalue weighted by Crippen LogP contribution is 2.43. The summed E-state index contributed by atoms with van der Waals surface area (Å²) in [5, 5.41) is 3.64. The molecule has 0 amide bonds. The minimum atomic E-state index is -0.0530. The zero-order chi connectivity index (χ0) is 17.8. The fourth-order valence-corrected chi connectivity index (χ4v) is 4.14. The molecule has 0 aliphatic carbocycles. The minimum Gasteiger partial charge on any atom is -0.376 e. The molecule has 1 aliphatic heterocycles. The van der Waals surface area contributed by atoms with Crippen LogP contribution < -0.4 is 5.32 Å². The zero-order valence-corrected chi connectivity index (χ0v) is 15.8. The first kappa shape index (κ1) is 18.2. The summed E-state index contributed by atoms with van der Waals surface area (Å²) in [5.41, 5.74) is 4.30. The van der Waals surface area contributed by atoms with Crippen LogP contribution in [0.4, 0.5) is 0 Å². The molecule has 1 atom stereocenters. The van der Waals surface area contributed by atoms with E-state index in [1.165, 1.54) is 16.7 Å². The fraction of sp³-hybridized carbons (Fsp3) is 0.478. The molecule has 1 saturated heterocycles. The van der Waals surface area contributed by atoms with Crippen LogP contribution in [0.2, 0.25) is 0 Å². The van der Waals surface area contributed by atoms with Crippen molar-refractivity contribution in [2.45, 2.75) is 57.6 Å². The number of aryl methyl sites for hydroxylation is 1. The topological polar surface area (TPSA) is 21.3 Å². The van der Waals surface area contributed by atoms with Gasteiger partial charge >= 0.3 is 0 Å². The van der Waals surface area contributed by atoms with Crippen molar-refractivity contribution in [3.63, 3.8) is 0 Å². The normalized spacial score (nSPS) is 22.7. The molecule has 2 heteroatoms. The molecular formula is C23H31NO. The van der Waals surface area contributed by atoms with E-state index in [9.17, 15) is 0 Å². The largest absolute Gasteiger partial charge is 0.376 e. The van der Waals surface area contributed by atoms with E-state index >= 15 is 0 Å². The van der Waals surface area contributed by atoms with Crippen molar-refractivity contribution in [2.75, 3.05) is 13.2 Å². The molecule has 1 N–H and O–H groups in total. The van der Waals surface area contributed by atoms with Crippen molar-refractivity contribution in [2.24, 2.45) is 0 Å². The first-order valence-corrected chi connectivity index (χ1v) is 9.45. The van der Waals surface area contributed by atoms with Crippen molar-refractivity contribution in [3.05, 3.63) is 71.3 Å². The van der Waals surface area contributed by atoms with Gasteiger partial charge in [-0.15, -0.1) is 0 Å². The van der Waals surface area contributed by atoms with Crippen molar-refractivity contribution in [3.8, 4) is 0 Å². The van der Waals surface area contributed by atoms with E-state index in [-0.39, 0.29) is 11.0 Å². The summed E-state index contributed by atoms with van der Waals surface area (Å²) in [5.74, 6) is 0.